The van der Waals surface area contributed by atoms with E-state index in [2.05, 4.69) is 43.5 Å². The number of rotatable bonds is 7. The molecule has 0 N–H and O–H groups in total. The van der Waals surface area contributed by atoms with E-state index in [1.54, 1.807) is 37.3 Å². The summed E-state index contributed by atoms with van der Waals surface area (Å²) in [7, 11) is 1.49. The van der Waals surface area contributed by atoms with Crippen molar-refractivity contribution in [1.82, 2.24) is 0 Å². The summed E-state index contributed by atoms with van der Waals surface area (Å²) < 4.78 is 22.7. The number of carbonyl (C=O) groups excluding carboxylic acids is 2. The van der Waals surface area contributed by atoms with Crippen molar-refractivity contribution in [3.05, 3.63) is 61.3 Å². The van der Waals surface area contributed by atoms with E-state index in [1.807, 2.05) is 12.1 Å². The predicted octanol–water partition coefficient (Wildman–Crippen LogP) is 4.35. The topological polar surface area (TPSA) is 83.4 Å². The summed E-state index contributed by atoms with van der Waals surface area (Å²) in [5.41, 5.74) is 1.54. The molecular formula is C21H17BrINO6. The molecule has 9 heteroatoms. The lowest BCUT2D eigenvalue weighted by atomic mass is 10.1. The van der Waals surface area contributed by atoms with Crippen LogP contribution < -0.4 is 9.47 Å². The molecule has 0 saturated heterocycles. The molecule has 7 nitrogen and oxygen atoms in total. The number of ether oxygens (including phenoxy) is 4. The second kappa shape index (κ2) is 10.1. The van der Waals surface area contributed by atoms with Crippen LogP contribution in [0.3, 0.4) is 0 Å². The zero-order chi connectivity index (χ0) is 21.7. The van der Waals surface area contributed by atoms with Gasteiger partial charge in [0.15, 0.2) is 23.8 Å². The molecule has 2 aromatic rings. The number of aliphatic imine (C=N–C) groups is 1. The number of carbonyl (C=O) groups is 2. The minimum absolute atomic E-state index is 0.172. The van der Waals surface area contributed by atoms with E-state index in [-0.39, 0.29) is 24.8 Å². The van der Waals surface area contributed by atoms with Gasteiger partial charge >= 0.3 is 11.9 Å². The first-order valence-corrected chi connectivity index (χ1v) is 10.7. The van der Waals surface area contributed by atoms with Gasteiger partial charge in [0, 0.05) is 10.0 Å². The fraction of sp³-hybridized carbons (Fsp3) is 0.190. The Bertz CT molecular complexity index is 1030. The van der Waals surface area contributed by atoms with E-state index >= 15 is 0 Å². The van der Waals surface area contributed by atoms with Crippen LogP contribution in [-0.2, 0) is 19.1 Å². The van der Waals surface area contributed by atoms with E-state index < -0.39 is 11.9 Å². The SMILES string of the molecule is CCOC(=O)COc1c(I)cc(/C=C2\N=C(c3ccc(Br)cc3)OC2=O)cc1OC. The van der Waals surface area contributed by atoms with Gasteiger partial charge in [-0.15, -0.1) is 0 Å². The molecule has 0 saturated carbocycles. The molecule has 30 heavy (non-hydrogen) atoms. The Kier molecular flexibility index (Phi) is 7.48. The Labute approximate surface area is 195 Å². The lowest BCUT2D eigenvalue weighted by molar-refractivity contribution is -0.145. The van der Waals surface area contributed by atoms with Crippen LogP contribution >= 0.6 is 38.5 Å². The summed E-state index contributed by atoms with van der Waals surface area (Å²) >= 11 is 5.44. The largest absolute Gasteiger partial charge is 0.493 e. The minimum atomic E-state index is -0.537. The molecule has 0 bridgehead atoms. The summed E-state index contributed by atoms with van der Waals surface area (Å²) in [4.78, 5) is 28.1. The van der Waals surface area contributed by atoms with Crippen LogP contribution in [0, 0.1) is 3.57 Å². The van der Waals surface area contributed by atoms with Crippen LogP contribution in [0.1, 0.15) is 18.1 Å². The van der Waals surface area contributed by atoms with Crippen molar-refractivity contribution in [1.29, 1.82) is 0 Å². The molecule has 1 aliphatic heterocycles. The van der Waals surface area contributed by atoms with E-state index in [0.717, 1.165) is 4.47 Å². The van der Waals surface area contributed by atoms with Gasteiger partial charge in [-0.25, -0.2) is 14.6 Å². The van der Waals surface area contributed by atoms with Gasteiger partial charge in [0.05, 0.1) is 17.3 Å². The van der Waals surface area contributed by atoms with Gasteiger partial charge in [0.2, 0.25) is 5.90 Å². The van der Waals surface area contributed by atoms with Crippen LogP contribution in [0.5, 0.6) is 11.5 Å². The third kappa shape index (κ3) is 5.39. The lowest BCUT2D eigenvalue weighted by Gasteiger charge is -2.13. The maximum atomic E-state index is 12.3. The van der Waals surface area contributed by atoms with Gasteiger partial charge in [-0.3, -0.25) is 0 Å². The summed E-state index contributed by atoms with van der Waals surface area (Å²) in [6.07, 6.45) is 1.61. The average molecular weight is 586 g/mol. The van der Waals surface area contributed by atoms with Gasteiger partial charge in [-0.1, -0.05) is 15.9 Å². The quantitative estimate of drug-likeness (QED) is 0.273. The molecular weight excluding hydrogens is 569 g/mol. The van der Waals surface area contributed by atoms with E-state index in [1.165, 1.54) is 7.11 Å². The van der Waals surface area contributed by atoms with E-state index in [9.17, 15) is 9.59 Å². The highest BCUT2D eigenvalue weighted by Gasteiger charge is 2.24. The fourth-order valence-corrected chi connectivity index (χ4v) is 3.63. The third-order valence-electron chi connectivity index (χ3n) is 3.91. The number of hydrogen-bond acceptors (Lipinski definition) is 7. The van der Waals surface area contributed by atoms with Crippen molar-refractivity contribution in [2.75, 3.05) is 20.3 Å². The van der Waals surface area contributed by atoms with Crippen molar-refractivity contribution in [2.45, 2.75) is 6.92 Å². The summed E-state index contributed by atoms with van der Waals surface area (Å²) in [6.45, 7) is 1.78. The molecule has 3 rings (SSSR count). The number of esters is 2. The lowest BCUT2D eigenvalue weighted by Crippen LogP contribution is -2.15. The molecule has 0 amide bonds. The maximum absolute atomic E-state index is 12.3. The molecule has 156 valence electrons. The van der Waals surface area contributed by atoms with Crippen molar-refractivity contribution >= 4 is 62.4 Å². The summed E-state index contributed by atoms with van der Waals surface area (Å²) in [6, 6.07) is 10.8. The van der Waals surface area contributed by atoms with Gasteiger partial charge < -0.3 is 18.9 Å². The molecule has 0 spiro atoms. The number of hydrogen-bond donors (Lipinski definition) is 0. The first-order chi connectivity index (χ1) is 14.4. The van der Waals surface area contributed by atoms with Gasteiger partial charge in [-0.05, 0) is 77.6 Å². The van der Waals surface area contributed by atoms with E-state index in [4.69, 9.17) is 18.9 Å². The van der Waals surface area contributed by atoms with Crippen molar-refractivity contribution in [2.24, 2.45) is 4.99 Å². The highest BCUT2D eigenvalue weighted by molar-refractivity contribution is 14.1. The predicted molar refractivity (Wildman–Crippen MR) is 123 cm³/mol. The second-order valence-electron chi connectivity index (χ2n) is 5.97. The Morgan fingerprint density at radius 2 is 2.00 bits per heavy atom. The van der Waals surface area contributed by atoms with Crippen LogP contribution in [0.2, 0.25) is 0 Å². The standard InChI is InChI=1S/C21H17BrINO6/c1-3-28-18(25)11-29-19-15(23)8-12(10-17(19)27-2)9-16-21(26)30-20(24-16)13-4-6-14(22)7-5-13/h4-10H,3,11H2,1-2H3/b16-9-. The molecule has 0 atom stereocenters. The van der Waals surface area contributed by atoms with Crippen molar-refractivity contribution in [3.63, 3.8) is 0 Å². The number of methoxy groups -OCH3 is 1. The molecule has 1 heterocycles. The first-order valence-electron chi connectivity index (χ1n) is 8.85. The summed E-state index contributed by atoms with van der Waals surface area (Å²) in [5, 5.41) is 0. The Morgan fingerprint density at radius 3 is 2.67 bits per heavy atom. The molecule has 1 aliphatic rings. The Morgan fingerprint density at radius 1 is 1.27 bits per heavy atom. The highest BCUT2D eigenvalue weighted by atomic mass is 127. The molecule has 0 aliphatic carbocycles. The number of nitrogens with zero attached hydrogens (tertiary/aromatic N) is 1. The van der Waals surface area contributed by atoms with Gasteiger partial charge in [0.1, 0.15) is 0 Å². The normalized spacial score (nSPS) is 14.3. The molecule has 0 aromatic heterocycles. The van der Waals surface area contributed by atoms with Crippen molar-refractivity contribution in [3.8, 4) is 11.5 Å². The number of cyclic esters (lactones) is 1. The van der Waals surface area contributed by atoms with Crippen LogP contribution in [0.15, 0.2) is 51.6 Å². The minimum Gasteiger partial charge on any atom is -0.493 e. The van der Waals surface area contributed by atoms with Crippen LogP contribution in [0.4, 0.5) is 0 Å². The van der Waals surface area contributed by atoms with E-state index in [0.29, 0.717) is 26.2 Å². The van der Waals surface area contributed by atoms with Crippen molar-refractivity contribution < 1.29 is 28.5 Å². The molecule has 0 fully saturated rings. The molecule has 2 aromatic carbocycles. The smallest absolute Gasteiger partial charge is 0.363 e. The molecule has 0 radical (unpaired) electrons. The zero-order valence-electron chi connectivity index (χ0n) is 16.1. The first kappa shape index (κ1) is 22.3. The fourth-order valence-electron chi connectivity index (χ4n) is 2.58. The highest BCUT2D eigenvalue weighted by Crippen LogP contribution is 2.35. The number of benzene rings is 2. The maximum Gasteiger partial charge on any atom is 0.363 e. The molecule has 0 unspecified atom stereocenters. The zero-order valence-corrected chi connectivity index (χ0v) is 19.9. The van der Waals surface area contributed by atoms with Gasteiger partial charge in [-0.2, -0.15) is 0 Å². The third-order valence-corrected chi connectivity index (χ3v) is 5.24. The average Bonchev–Trinajstić information content (AvgIpc) is 3.07. The van der Waals surface area contributed by atoms with Crippen LogP contribution in [0.25, 0.3) is 6.08 Å². The Balaban J connectivity index is 1.85. The Hall–Kier alpha value is -2.40. The van der Waals surface area contributed by atoms with Gasteiger partial charge in [0.25, 0.3) is 0 Å². The monoisotopic (exact) mass is 585 g/mol. The van der Waals surface area contributed by atoms with Crippen LogP contribution in [-0.4, -0.2) is 38.2 Å². The summed E-state index contributed by atoms with van der Waals surface area (Å²) in [5.74, 6) is 0.0762. The second-order valence-corrected chi connectivity index (χ2v) is 8.05. The number of halogens is 2.